The summed E-state index contributed by atoms with van der Waals surface area (Å²) >= 11 is 1.46. The number of amides is 1. The lowest BCUT2D eigenvalue weighted by Gasteiger charge is -2.19. The van der Waals surface area contributed by atoms with Crippen molar-refractivity contribution < 1.29 is 13.9 Å². The van der Waals surface area contributed by atoms with Crippen molar-refractivity contribution in [3.05, 3.63) is 89.2 Å². The van der Waals surface area contributed by atoms with Gasteiger partial charge in [0.05, 0.1) is 24.3 Å². The molecule has 0 saturated carbocycles. The van der Waals surface area contributed by atoms with E-state index in [-0.39, 0.29) is 18.1 Å². The van der Waals surface area contributed by atoms with E-state index in [0.29, 0.717) is 23.7 Å². The van der Waals surface area contributed by atoms with Crippen molar-refractivity contribution in [2.45, 2.75) is 19.4 Å². The lowest BCUT2D eigenvalue weighted by molar-refractivity contribution is -0.121. The molecule has 0 aliphatic carbocycles. The molecule has 2 heterocycles. The van der Waals surface area contributed by atoms with Crippen LogP contribution in [-0.2, 0) is 18.3 Å². The zero-order chi connectivity index (χ0) is 22.5. The van der Waals surface area contributed by atoms with Gasteiger partial charge in [0.25, 0.3) is 0 Å². The SMILES string of the molecule is CCOc1ccccc1-c1nc(CC(=O)NC(c2cccc(F)c2)c2nccn2C)cs1. The maximum Gasteiger partial charge on any atom is 0.226 e. The lowest BCUT2D eigenvalue weighted by Crippen LogP contribution is -2.32. The van der Waals surface area contributed by atoms with Crippen molar-refractivity contribution in [1.82, 2.24) is 19.9 Å². The third-order valence-corrected chi connectivity index (χ3v) is 5.84. The highest BCUT2D eigenvalue weighted by atomic mass is 32.1. The Hall–Kier alpha value is -3.52. The van der Waals surface area contributed by atoms with Gasteiger partial charge in [-0.1, -0.05) is 24.3 Å². The second-order valence-electron chi connectivity index (χ2n) is 7.20. The maximum absolute atomic E-state index is 13.8. The topological polar surface area (TPSA) is 69.0 Å². The molecule has 0 spiro atoms. The van der Waals surface area contributed by atoms with Crippen molar-refractivity contribution >= 4 is 17.2 Å². The molecule has 32 heavy (non-hydrogen) atoms. The van der Waals surface area contributed by atoms with Gasteiger partial charge in [-0.3, -0.25) is 4.79 Å². The first-order valence-corrected chi connectivity index (χ1v) is 11.1. The van der Waals surface area contributed by atoms with Gasteiger partial charge in [0.15, 0.2) is 0 Å². The molecule has 8 heteroatoms. The van der Waals surface area contributed by atoms with Crippen LogP contribution in [0.4, 0.5) is 4.39 Å². The molecule has 1 N–H and O–H groups in total. The average molecular weight is 451 g/mol. The number of aryl methyl sites for hydroxylation is 1. The minimum atomic E-state index is -0.574. The molecule has 0 bridgehead atoms. The molecule has 2 aromatic heterocycles. The zero-order valence-corrected chi connectivity index (χ0v) is 18.6. The number of aromatic nitrogens is 3. The van der Waals surface area contributed by atoms with Gasteiger partial charge in [-0.05, 0) is 36.8 Å². The smallest absolute Gasteiger partial charge is 0.226 e. The zero-order valence-electron chi connectivity index (χ0n) is 17.8. The van der Waals surface area contributed by atoms with Crippen molar-refractivity contribution in [3.63, 3.8) is 0 Å². The van der Waals surface area contributed by atoms with Crippen LogP contribution in [0.1, 0.15) is 30.0 Å². The van der Waals surface area contributed by atoms with Gasteiger partial charge in [-0.2, -0.15) is 0 Å². The summed E-state index contributed by atoms with van der Waals surface area (Å²) in [4.78, 5) is 21.9. The van der Waals surface area contributed by atoms with Gasteiger partial charge in [0.2, 0.25) is 5.91 Å². The molecule has 0 aliphatic heterocycles. The Kier molecular flexibility index (Phi) is 6.61. The quantitative estimate of drug-likeness (QED) is 0.428. The molecule has 4 rings (SSSR count). The Balaban J connectivity index is 1.53. The summed E-state index contributed by atoms with van der Waals surface area (Å²) in [7, 11) is 1.84. The number of benzene rings is 2. The average Bonchev–Trinajstić information content (AvgIpc) is 3.41. The maximum atomic E-state index is 13.8. The van der Waals surface area contributed by atoms with Crippen LogP contribution in [0, 0.1) is 5.82 Å². The van der Waals surface area contributed by atoms with Crippen LogP contribution in [0.3, 0.4) is 0 Å². The van der Waals surface area contributed by atoms with Crippen molar-refractivity contribution in [2.24, 2.45) is 7.05 Å². The molecule has 0 aliphatic rings. The molecule has 164 valence electrons. The van der Waals surface area contributed by atoms with E-state index in [2.05, 4.69) is 15.3 Å². The number of carbonyl (C=O) groups excluding carboxylic acids is 1. The number of nitrogens with zero attached hydrogens (tertiary/aromatic N) is 3. The van der Waals surface area contributed by atoms with Crippen LogP contribution in [0.25, 0.3) is 10.6 Å². The Morgan fingerprint density at radius 3 is 2.84 bits per heavy atom. The number of halogens is 1. The third kappa shape index (κ3) is 4.86. The predicted octanol–water partition coefficient (Wildman–Crippen LogP) is 4.53. The number of carbonyl (C=O) groups is 1. The largest absolute Gasteiger partial charge is 0.493 e. The number of hydrogen-bond acceptors (Lipinski definition) is 5. The molecular weight excluding hydrogens is 427 g/mol. The molecule has 6 nitrogen and oxygen atoms in total. The summed E-state index contributed by atoms with van der Waals surface area (Å²) in [5, 5.41) is 5.65. The number of ether oxygens (including phenoxy) is 1. The highest BCUT2D eigenvalue weighted by Gasteiger charge is 2.22. The molecule has 2 aromatic carbocycles. The molecule has 1 atom stereocenters. The van der Waals surface area contributed by atoms with E-state index in [0.717, 1.165) is 16.3 Å². The molecule has 0 fully saturated rings. The first kappa shape index (κ1) is 21.7. The summed E-state index contributed by atoms with van der Waals surface area (Å²) in [6, 6.07) is 13.3. The number of imidazole rings is 1. The van der Waals surface area contributed by atoms with E-state index in [9.17, 15) is 9.18 Å². The van der Waals surface area contributed by atoms with Crippen LogP contribution in [0.5, 0.6) is 5.75 Å². The van der Waals surface area contributed by atoms with Crippen LogP contribution < -0.4 is 10.1 Å². The standard InChI is InChI=1S/C24H23FN4O2S/c1-3-31-20-10-5-4-9-19(20)24-27-18(15-32-24)14-21(30)28-22(23-26-11-12-29(23)2)16-7-6-8-17(25)13-16/h4-13,15,22H,3,14H2,1-2H3,(H,28,30). The van der Waals surface area contributed by atoms with Crippen molar-refractivity contribution in [2.75, 3.05) is 6.61 Å². The van der Waals surface area contributed by atoms with Crippen molar-refractivity contribution in [1.29, 1.82) is 0 Å². The highest BCUT2D eigenvalue weighted by Crippen LogP contribution is 2.32. The number of nitrogens with one attached hydrogen (secondary N) is 1. The lowest BCUT2D eigenvalue weighted by atomic mass is 10.1. The summed E-state index contributed by atoms with van der Waals surface area (Å²) < 4.78 is 21.3. The predicted molar refractivity (Wildman–Crippen MR) is 122 cm³/mol. The Bertz CT molecular complexity index is 1220. The van der Waals surface area contributed by atoms with E-state index in [1.165, 1.54) is 23.5 Å². The van der Waals surface area contributed by atoms with Gasteiger partial charge in [0, 0.05) is 24.8 Å². The molecule has 4 aromatic rings. The van der Waals surface area contributed by atoms with Gasteiger partial charge < -0.3 is 14.6 Å². The monoisotopic (exact) mass is 450 g/mol. The number of thiazole rings is 1. The van der Waals surface area contributed by atoms with E-state index >= 15 is 0 Å². The van der Waals surface area contributed by atoms with Gasteiger partial charge in [-0.25, -0.2) is 14.4 Å². The molecule has 0 saturated heterocycles. The summed E-state index contributed by atoms with van der Waals surface area (Å²) in [6.45, 7) is 2.50. The minimum absolute atomic E-state index is 0.101. The fourth-order valence-electron chi connectivity index (χ4n) is 3.45. The summed E-state index contributed by atoms with van der Waals surface area (Å²) in [6.07, 6.45) is 3.54. The van der Waals surface area contributed by atoms with Gasteiger partial charge >= 0.3 is 0 Å². The highest BCUT2D eigenvalue weighted by molar-refractivity contribution is 7.13. The first-order chi connectivity index (χ1) is 15.5. The third-order valence-electron chi connectivity index (χ3n) is 4.91. The minimum Gasteiger partial charge on any atom is -0.493 e. The summed E-state index contributed by atoms with van der Waals surface area (Å²) in [5.41, 5.74) is 2.18. The van der Waals surface area contributed by atoms with Gasteiger partial charge in [0.1, 0.15) is 28.4 Å². The fraction of sp³-hybridized carbons (Fsp3) is 0.208. The number of rotatable bonds is 8. The molecule has 1 amide bonds. The van der Waals surface area contributed by atoms with E-state index in [1.807, 2.05) is 48.2 Å². The van der Waals surface area contributed by atoms with E-state index < -0.39 is 6.04 Å². The van der Waals surface area contributed by atoms with E-state index in [1.54, 1.807) is 24.5 Å². The number of para-hydroxylation sites is 1. The summed E-state index contributed by atoms with van der Waals surface area (Å²) in [5.74, 6) is 0.792. The Morgan fingerprint density at radius 2 is 2.09 bits per heavy atom. The van der Waals surface area contributed by atoms with Crippen LogP contribution in [0.15, 0.2) is 66.3 Å². The van der Waals surface area contributed by atoms with Crippen LogP contribution in [0.2, 0.25) is 0 Å². The van der Waals surface area contributed by atoms with Gasteiger partial charge in [-0.15, -0.1) is 11.3 Å². The molecule has 0 radical (unpaired) electrons. The number of hydrogen-bond donors (Lipinski definition) is 1. The fourth-order valence-corrected chi connectivity index (χ4v) is 4.30. The van der Waals surface area contributed by atoms with Crippen LogP contribution in [-0.4, -0.2) is 27.0 Å². The normalized spacial score (nSPS) is 11.8. The first-order valence-electron chi connectivity index (χ1n) is 10.2. The van der Waals surface area contributed by atoms with Crippen molar-refractivity contribution in [3.8, 4) is 16.3 Å². The Labute approximate surface area is 189 Å². The van der Waals surface area contributed by atoms with E-state index in [4.69, 9.17) is 4.74 Å². The molecular formula is C24H23FN4O2S. The van der Waals surface area contributed by atoms with Crippen LogP contribution >= 0.6 is 11.3 Å². The molecule has 1 unspecified atom stereocenters. The second kappa shape index (κ2) is 9.74. The second-order valence-corrected chi connectivity index (χ2v) is 8.06. The Morgan fingerprint density at radius 1 is 1.25 bits per heavy atom.